The number of pyridine rings is 1. The zero-order valence-corrected chi connectivity index (χ0v) is 23.9. The molecule has 1 unspecified atom stereocenters. The Balaban J connectivity index is 1.12. The van der Waals surface area contributed by atoms with Gasteiger partial charge in [0.2, 0.25) is 5.91 Å². The molecule has 3 aromatic rings. The number of aromatic amines is 1. The van der Waals surface area contributed by atoms with E-state index in [-0.39, 0.29) is 35.3 Å². The predicted molar refractivity (Wildman–Crippen MR) is 157 cm³/mol. The van der Waals surface area contributed by atoms with E-state index in [0.29, 0.717) is 23.4 Å². The van der Waals surface area contributed by atoms with Gasteiger partial charge in [0.05, 0.1) is 0 Å². The Bertz CT molecular complexity index is 1530. The van der Waals surface area contributed by atoms with Gasteiger partial charge in [-0.1, -0.05) is 6.07 Å². The zero-order chi connectivity index (χ0) is 28.2. The van der Waals surface area contributed by atoms with Crippen molar-refractivity contribution in [2.24, 2.45) is 17.8 Å². The normalized spacial score (nSPS) is 20.7. The first-order chi connectivity index (χ1) is 19.9. The van der Waals surface area contributed by atoms with Crippen molar-refractivity contribution in [3.8, 4) is 0 Å². The fourth-order valence-corrected chi connectivity index (χ4v) is 7.02. The number of aryl methyl sites for hydroxylation is 1. The average molecular weight is 554 g/mol. The van der Waals surface area contributed by atoms with E-state index in [4.69, 9.17) is 0 Å². The lowest BCUT2D eigenvalue weighted by Crippen LogP contribution is -2.50. The molecule has 41 heavy (non-hydrogen) atoms. The van der Waals surface area contributed by atoms with Crippen molar-refractivity contribution in [2.75, 3.05) is 5.32 Å². The van der Waals surface area contributed by atoms with Crippen molar-refractivity contribution < 1.29 is 9.59 Å². The summed E-state index contributed by atoms with van der Waals surface area (Å²) in [5, 5.41) is 10.6. The summed E-state index contributed by atoms with van der Waals surface area (Å²) in [5.74, 6) is 1.37. The maximum atomic E-state index is 13.9. The maximum Gasteiger partial charge on any atom is 0.270 e. The predicted octanol–water partition coefficient (Wildman–Crippen LogP) is 5.28. The van der Waals surface area contributed by atoms with Crippen LogP contribution in [-0.4, -0.2) is 32.6 Å². The molecular formula is C33H39N5O3. The van der Waals surface area contributed by atoms with Gasteiger partial charge in [-0.3, -0.25) is 19.1 Å². The number of H-pyrrole nitrogens is 1. The van der Waals surface area contributed by atoms with E-state index in [0.717, 1.165) is 49.8 Å². The quantitative estimate of drug-likeness (QED) is 0.317. The lowest BCUT2D eigenvalue weighted by molar-refractivity contribution is -0.119. The van der Waals surface area contributed by atoms with Crippen LogP contribution in [0.3, 0.4) is 0 Å². The van der Waals surface area contributed by atoms with Crippen LogP contribution >= 0.6 is 0 Å². The van der Waals surface area contributed by atoms with Gasteiger partial charge in [0.15, 0.2) is 0 Å². The molecule has 4 aliphatic carbocycles. The fourth-order valence-electron chi connectivity index (χ4n) is 7.02. The second kappa shape index (κ2) is 10.3. The van der Waals surface area contributed by atoms with Gasteiger partial charge in [-0.05, 0) is 130 Å². The number of aromatic nitrogens is 3. The Hall–Kier alpha value is -3.68. The molecule has 214 valence electrons. The third kappa shape index (κ3) is 5.24. The molecule has 2 amide bonds. The van der Waals surface area contributed by atoms with Crippen molar-refractivity contribution >= 4 is 17.5 Å². The molecule has 3 N–H and O–H groups in total. The molecule has 0 bridgehead atoms. The number of rotatable bonds is 10. The van der Waals surface area contributed by atoms with Gasteiger partial charge in [-0.25, -0.2) is 0 Å². The summed E-state index contributed by atoms with van der Waals surface area (Å²) in [6.07, 6.45) is 12.1. The van der Waals surface area contributed by atoms with Crippen LogP contribution in [-0.2, 0) is 11.2 Å². The number of nitrogens with one attached hydrogen (secondary N) is 3. The summed E-state index contributed by atoms with van der Waals surface area (Å²) in [6, 6.07) is 9.35. The van der Waals surface area contributed by atoms with E-state index in [1.165, 1.54) is 29.5 Å². The molecule has 2 aromatic heterocycles. The van der Waals surface area contributed by atoms with Crippen LogP contribution < -0.4 is 16.2 Å². The van der Waals surface area contributed by atoms with Crippen LogP contribution in [0.5, 0.6) is 0 Å². The van der Waals surface area contributed by atoms with Gasteiger partial charge in [-0.15, -0.1) is 0 Å². The molecule has 1 aromatic carbocycles. The number of hydrogen-bond donors (Lipinski definition) is 3. The van der Waals surface area contributed by atoms with Gasteiger partial charge >= 0.3 is 0 Å². The molecule has 2 heterocycles. The van der Waals surface area contributed by atoms with Crippen molar-refractivity contribution in [3.63, 3.8) is 0 Å². The third-order valence-electron chi connectivity index (χ3n) is 9.55. The van der Waals surface area contributed by atoms with Crippen molar-refractivity contribution in [2.45, 2.75) is 89.1 Å². The summed E-state index contributed by atoms with van der Waals surface area (Å²) < 4.78 is 1.70. The first-order valence-corrected chi connectivity index (χ1v) is 15.4. The largest absolute Gasteiger partial charge is 0.339 e. The molecule has 0 radical (unpaired) electrons. The highest BCUT2D eigenvalue weighted by molar-refractivity contribution is 6.01. The Labute approximate surface area is 240 Å². The van der Waals surface area contributed by atoms with Gasteiger partial charge in [0, 0.05) is 35.6 Å². The Morgan fingerprint density at radius 3 is 2.41 bits per heavy atom. The van der Waals surface area contributed by atoms with E-state index >= 15 is 0 Å². The van der Waals surface area contributed by atoms with Gasteiger partial charge in [0.25, 0.3) is 11.5 Å². The smallest absolute Gasteiger partial charge is 0.270 e. The second-order valence-electron chi connectivity index (χ2n) is 12.9. The highest BCUT2D eigenvalue weighted by Crippen LogP contribution is 2.51. The minimum Gasteiger partial charge on any atom is -0.339 e. The molecule has 4 aliphatic rings. The SMILES string of the molecule is CC(C)n1nccc1C(=O)N[C@H](C(=O)Nc1ccc2c(c1)CCC2c1cc(C2CC2)c[nH]c1=O)C(C1CC1)C1CC1. The van der Waals surface area contributed by atoms with E-state index in [1.54, 1.807) is 16.9 Å². The van der Waals surface area contributed by atoms with Crippen LogP contribution in [0.2, 0.25) is 0 Å². The summed E-state index contributed by atoms with van der Waals surface area (Å²) in [6.45, 7) is 3.98. The van der Waals surface area contributed by atoms with Gasteiger partial charge in [-0.2, -0.15) is 5.10 Å². The van der Waals surface area contributed by atoms with Crippen LogP contribution in [0.25, 0.3) is 0 Å². The summed E-state index contributed by atoms with van der Waals surface area (Å²) in [4.78, 5) is 43.0. The summed E-state index contributed by atoms with van der Waals surface area (Å²) >= 11 is 0. The fraction of sp³-hybridized carbons (Fsp3) is 0.515. The van der Waals surface area contributed by atoms with Gasteiger partial charge in [0.1, 0.15) is 11.7 Å². The maximum absolute atomic E-state index is 13.9. The van der Waals surface area contributed by atoms with Crippen LogP contribution in [0.15, 0.2) is 47.5 Å². The summed E-state index contributed by atoms with van der Waals surface area (Å²) in [7, 11) is 0. The van der Waals surface area contributed by atoms with E-state index in [2.05, 4.69) is 38.9 Å². The monoisotopic (exact) mass is 553 g/mol. The molecule has 0 aliphatic heterocycles. The molecule has 3 saturated carbocycles. The summed E-state index contributed by atoms with van der Waals surface area (Å²) in [5.41, 5.74) is 5.65. The van der Waals surface area contributed by atoms with E-state index < -0.39 is 6.04 Å². The minimum atomic E-state index is -0.595. The number of fused-ring (bicyclic) bond motifs is 1. The molecule has 0 spiro atoms. The van der Waals surface area contributed by atoms with Crippen LogP contribution in [0.4, 0.5) is 5.69 Å². The number of nitrogens with zero attached hydrogens (tertiary/aromatic N) is 2. The Morgan fingerprint density at radius 2 is 1.73 bits per heavy atom. The van der Waals surface area contributed by atoms with E-state index in [1.807, 2.05) is 26.1 Å². The molecule has 8 heteroatoms. The molecule has 7 rings (SSSR count). The average Bonchev–Trinajstić information content (AvgIpc) is 3.87. The van der Waals surface area contributed by atoms with Gasteiger partial charge < -0.3 is 15.6 Å². The molecule has 2 atom stereocenters. The number of hydrogen-bond acceptors (Lipinski definition) is 4. The number of carbonyl (C=O) groups excluding carboxylic acids is 2. The van der Waals surface area contributed by atoms with Crippen LogP contribution in [0.1, 0.15) is 109 Å². The number of amides is 2. The topological polar surface area (TPSA) is 109 Å². The Kier molecular flexibility index (Phi) is 6.59. The standard InChI is InChI=1S/C33H39N5O3/c1-18(2)38-28(13-14-35-38)32(40)37-30(29(20-5-6-20)21-7-8-21)33(41)36-24-10-12-25-22(15-24)9-11-26(25)27-16-23(19-3-4-19)17-34-31(27)39/h10,12-21,26,29-30H,3-9,11H2,1-2H3,(H,34,39)(H,36,41)(H,37,40)/t26?,30-/m0/s1. The van der Waals surface area contributed by atoms with Crippen molar-refractivity contribution in [1.82, 2.24) is 20.1 Å². The molecular weight excluding hydrogens is 514 g/mol. The molecule has 8 nitrogen and oxygen atoms in total. The van der Waals surface area contributed by atoms with Crippen LogP contribution in [0, 0.1) is 17.8 Å². The first-order valence-electron chi connectivity index (χ1n) is 15.4. The lowest BCUT2D eigenvalue weighted by atomic mass is 9.88. The van der Waals surface area contributed by atoms with Crippen molar-refractivity contribution in [3.05, 3.63) is 81.0 Å². The zero-order valence-electron chi connectivity index (χ0n) is 23.9. The lowest BCUT2D eigenvalue weighted by Gasteiger charge is -2.28. The highest BCUT2D eigenvalue weighted by Gasteiger charge is 2.48. The first kappa shape index (κ1) is 26.2. The minimum absolute atomic E-state index is 0.00628. The van der Waals surface area contributed by atoms with Crippen molar-refractivity contribution in [1.29, 1.82) is 0 Å². The van der Waals surface area contributed by atoms with E-state index in [9.17, 15) is 14.4 Å². The number of carbonyl (C=O) groups is 2. The highest BCUT2D eigenvalue weighted by atomic mass is 16.2. The second-order valence-corrected chi connectivity index (χ2v) is 12.9. The number of anilines is 1. The Morgan fingerprint density at radius 1 is 0.976 bits per heavy atom. The molecule has 0 saturated heterocycles. The third-order valence-corrected chi connectivity index (χ3v) is 9.55. The number of benzene rings is 1. The molecule has 3 fully saturated rings.